The van der Waals surface area contributed by atoms with Crippen LogP contribution in [-0.2, 0) is 18.3 Å². The van der Waals surface area contributed by atoms with Gasteiger partial charge in [-0.2, -0.15) is 0 Å². The van der Waals surface area contributed by atoms with E-state index in [9.17, 15) is 0 Å². The van der Waals surface area contributed by atoms with E-state index < -0.39 is 0 Å². The number of fused-ring (bicyclic) bond motifs is 1. The first-order valence-corrected chi connectivity index (χ1v) is 6.03. The van der Waals surface area contributed by atoms with Crippen molar-refractivity contribution in [1.29, 1.82) is 0 Å². The maximum absolute atomic E-state index is 5.37. The minimum atomic E-state index is 0.845. The molecular weight excluding hydrogens is 214 g/mol. The highest BCUT2D eigenvalue weighted by atomic mass is 16.5. The summed E-state index contributed by atoms with van der Waals surface area (Å²) in [7, 11) is 2.04. The Bertz CT molecular complexity index is 514. The van der Waals surface area contributed by atoms with Crippen molar-refractivity contribution in [3.63, 3.8) is 0 Å². The zero-order chi connectivity index (χ0) is 11.7. The van der Waals surface area contributed by atoms with Crippen LogP contribution in [0, 0.1) is 0 Å². The molecule has 0 radical (unpaired) electrons. The summed E-state index contributed by atoms with van der Waals surface area (Å²) >= 11 is 0. The van der Waals surface area contributed by atoms with Gasteiger partial charge in [0.05, 0.1) is 30.6 Å². The van der Waals surface area contributed by atoms with Crippen LogP contribution in [0.1, 0.15) is 5.56 Å². The molecule has 17 heavy (non-hydrogen) atoms. The van der Waals surface area contributed by atoms with E-state index in [4.69, 9.17) is 4.74 Å². The molecule has 4 nitrogen and oxygen atoms in total. The number of nitrogens with zero attached hydrogens (tertiary/aromatic N) is 3. The van der Waals surface area contributed by atoms with Crippen molar-refractivity contribution in [2.75, 3.05) is 26.3 Å². The molecule has 4 heteroatoms. The smallest absolute Gasteiger partial charge is 0.0955 e. The number of morpholine rings is 1. The van der Waals surface area contributed by atoms with Gasteiger partial charge in [0.2, 0.25) is 0 Å². The summed E-state index contributed by atoms with van der Waals surface area (Å²) in [6.45, 7) is 4.69. The Kier molecular flexibility index (Phi) is 2.82. The number of hydrogen-bond donors (Lipinski definition) is 0. The fraction of sp³-hybridized carbons (Fsp3) is 0.462. The first-order valence-electron chi connectivity index (χ1n) is 6.03. The lowest BCUT2D eigenvalue weighted by atomic mass is 10.1. The third kappa shape index (κ3) is 2.06. The molecule has 2 heterocycles. The van der Waals surface area contributed by atoms with Gasteiger partial charge in [0, 0.05) is 26.7 Å². The summed E-state index contributed by atoms with van der Waals surface area (Å²) in [6.07, 6.45) is 1.88. The van der Waals surface area contributed by atoms with Crippen LogP contribution in [0.15, 0.2) is 24.5 Å². The van der Waals surface area contributed by atoms with Gasteiger partial charge in [-0.3, -0.25) is 4.90 Å². The topological polar surface area (TPSA) is 30.3 Å². The van der Waals surface area contributed by atoms with E-state index in [1.54, 1.807) is 0 Å². The molecule has 3 rings (SSSR count). The van der Waals surface area contributed by atoms with E-state index in [1.807, 2.05) is 13.4 Å². The second kappa shape index (κ2) is 4.47. The largest absolute Gasteiger partial charge is 0.379 e. The molecule has 0 amide bonds. The number of aromatic nitrogens is 2. The molecule has 0 saturated carbocycles. The van der Waals surface area contributed by atoms with E-state index in [-0.39, 0.29) is 0 Å². The molecule has 90 valence electrons. The lowest BCUT2D eigenvalue weighted by Gasteiger charge is -2.26. The normalized spacial score (nSPS) is 17.7. The maximum atomic E-state index is 5.37. The number of imidazole rings is 1. The number of para-hydroxylation sites is 1. The number of rotatable bonds is 2. The minimum absolute atomic E-state index is 0.845. The van der Waals surface area contributed by atoms with Crippen LogP contribution in [0.2, 0.25) is 0 Å². The average molecular weight is 231 g/mol. The van der Waals surface area contributed by atoms with Gasteiger partial charge in [-0.1, -0.05) is 12.1 Å². The quantitative estimate of drug-likeness (QED) is 0.782. The van der Waals surface area contributed by atoms with E-state index >= 15 is 0 Å². The average Bonchev–Trinajstić information content (AvgIpc) is 2.74. The minimum Gasteiger partial charge on any atom is -0.379 e. The molecule has 0 spiro atoms. The highest BCUT2D eigenvalue weighted by Gasteiger charge is 2.13. The van der Waals surface area contributed by atoms with Crippen LogP contribution in [-0.4, -0.2) is 40.8 Å². The van der Waals surface area contributed by atoms with E-state index in [0.29, 0.717) is 0 Å². The predicted molar refractivity (Wildman–Crippen MR) is 66.8 cm³/mol. The molecule has 1 aliphatic heterocycles. The van der Waals surface area contributed by atoms with Gasteiger partial charge in [-0.05, 0) is 11.6 Å². The Morgan fingerprint density at radius 2 is 2.12 bits per heavy atom. The van der Waals surface area contributed by atoms with Crippen molar-refractivity contribution < 1.29 is 4.74 Å². The Balaban J connectivity index is 1.89. The molecule has 1 aromatic heterocycles. The number of ether oxygens (including phenoxy) is 1. The van der Waals surface area contributed by atoms with Gasteiger partial charge in [0.15, 0.2) is 0 Å². The van der Waals surface area contributed by atoms with Crippen LogP contribution in [0.5, 0.6) is 0 Å². The number of aryl methyl sites for hydroxylation is 1. The summed E-state index contributed by atoms with van der Waals surface area (Å²) in [5, 5.41) is 0. The van der Waals surface area contributed by atoms with Crippen LogP contribution in [0.25, 0.3) is 11.0 Å². The summed E-state index contributed by atoms with van der Waals surface area (Å²) in [5.41, 5.74) is 3.64. The van der Waals surface area contributed by atoms with Crippen molar-refractivity contribution in [1.82, 2.24) is 14.5 Å². The van der Waals surface area contributed by atoms with Crippen molar-refractivity contribution in [3.8, 4) is 0 Å². The molecule has 0 bridgehead atoms. The maximum Gasteiger partial charge on any atom is 0.0955 e. The molecule has 1 fully saturated rings. The Morgan fingerprint density at radius 3 is 2.94 bits per heavy atom. The van der Waals surface area contributed by atoms with Crippen molar-refractivity contribution in [2.24, 2.45) is 7.05 Å². The first kappa shape index (κ1) is 10.7. The standard InChI is InChI=1S/C13H17N3O/c1-15-10-14-13-11(3-2-4-12(13)15)9-16-5-7-17-8-6-16/h2-4,10H,5-9H2,1H3. The Hall–Kier alpha value is -1.39. The highest BCUT2D eigenvalue weighted by molar-refractivity contribution is 5.78. The molecular formula is C13H17N3O. The molecule has 2 aromatic rings. The summed E-state index contributed by atoms with van der Waals surface area (Å²) < 4.78 is 7.44. The third-order valence-corrected chi connectivity index (χ3v) is 3.34. The fourth-order valence-electron chi connectivity index (χ4n) is 2.35. The van der Waals surface area contributed by atoms with Crippen molar-refractivity contribution in [3.05, 3.63) is 30.1 Å². The molecule has 0 aliphatic carbocycles. The Labute approximate surface area is 101 Å². The van der Waals surface area contributed by atoms with Crippen LogP contribution in [0.4, 0.5) is 0 Å². The van der Waals surface area contributed by atoms with E-state index in [1.165, 1.54) is 11.1 Å². The molecule has 1 aliphatic rings. The monoisotopic (exact) mass is 231 g/mol. The van der Waals surface area contributed by atoms with Gasteiger partial charge in [0.25, 0.3) is 0 Å². The van der Waals surface area contributed by atoms with E-state index in [2.05, 4.69) is 32.7 Å². The molecule has 1 aromatic carbocycles. The number of hydrogen-bond acceptors (Lipinski definition) is 3. The molecule has 0 N–H and O–H groups in total. The van der Waals surface area contributed by atoms with Gasteiger partial charge in [-0.15, -0.1) is 0 Å². The second-order valence-electron chi connectivity index (χ2n) is 4.53. The molecule has 0 unspecified atom stereocenters. The highest BCUT2D eigenvalue weighted by Crippen LogP contribution is 2.18. The molecule has 1 saturated heterocycles. The van der Waals surface area contributed by atoms with E-state index in [0.717, 1.165) is 38.4 Å². The lowest BCUT2D eigenvalue weighted by molar-refractivity contribution is 0.0343. The number of benzene rings is 1. The van der Waals surface area contributed by atoms with Crippen LogP contribution < -0.4 is 0 Å². The summed E-state index contributed by atoms with van der Waals surface area (Å²) in [6, 6.07) is 6.40. The van der Waals surface area contributed by atoms with Crippen LogP contribution >= 0.6 is 0 Å². The van der Waals surface area contributed by atoms with Crippen molar-refractivity contribution >= 4 is 11.0 Å². The summed E-state index contributed by atoms with van der Waals surface area (Å²) in [4.78, 5) is 6.91. The van der Waals surface area contributed by atoms with Gasteiger partial charge in [-0.25, -0.2) is 4.98 Å². The second-order valence-corrected chi connectivity index (χ2v) is 4.53. The lowest BCUT2D eigenvalue weighted by Crippen LogP contribution is -2.35. The fourth-order valence-corrected chi connectivity index (χ4v) is 2.35. The SMILES string of the molecule is Cn1cnc2c(CN3CCOCC3)cccc21. The first-order chi connectivity index (χ1) is 8.34. The zero-order valence-electron chi connectivity index (χ0n) is 10.1. The van der Waals surface area contributed by atoms with Gasteiger partial charge < -0.3 is 9.30 Å². The molecule has 0 atom stereocenters. The van der Waals surface area contributed by atoms with Crippen LogP contribution in [0.3, 0.4) is 0 Å². The van der Waals surface area contributed by atoms with Gasteiger partial charge in [0.1, 0.15) is 0 Å². The Morgan fingerprint density at radius 1 is 1.29 bits per heavy atom. The predicted octanol–water partition coefficient (Wildman–Crippen LogP) is 1.41. The zero-order valence-corrected chi connectivity index (χ0v) is 10.1. The van der Waals surface area contributed by atoms with Crippen molar-refractivity contribution in [2.45, 2.75) is 6.54 Å². The summed E-state index contributed by atoms with van der Waals surface area (Å²) in [5.74, 6) is 0. The third-order valence-electron chi connectivity index (χ3n) is 3.34. The van der Waals surface area contributed by atoms with Gasteiger partial charge >= 0.3 is 0 Å².